The van der Waals surface area contributed by atoms with Crippen molar-refractivity contribution >= 4 is 39.1 Å². The Balaban J connectivity index is 2.00. The summed E-state index contributed by atoms with van der Waals surface area (Å²) in [4.78, 5) is 27.8. The number of hydrogen-bond acceptors (Lipinski definition) is 4. The molecule has 0 aliphatic heterocycles. The van der Waals surface area contributed by atoms with Gasteiger partial charge in [-0.25, -0.2) is 12.8 Å². The predicted octanol–water partition coefficient (Wildman–Crippen LogP) is 4.62. The Hall–Kier alpha value is -3.43. The van der Waals surface area contributed by atoms with E-state index >= 15 is 0 Å². The molecule has 0 spiro atoms. The van der Waals surface area contributed by atoms with E-state index in [0.717, 1.165) is 4.31 Å². The fourth-order valence-electron chi connectivity index (χ4n) is 3.64. The van der Waals surface area contributed by atoms with Crippen LogP contribution in [0.1, 0.15) is 25.8 Å². The first kappa shape index (κ1) is 28.1. The van der Waals surface area contributed by atoms with Gasteiger partial charge in [0.05, 0.1) is 10.6 Å². The Labute approximate surface area is 221 Å². The number of anilines is 1. The predicted molar refractivity (Wildman–Crippen MR) is 142 cm³/mol. The van der Waals surface area contributed by atoms with Crippen molar-refractivity contribution in [2.45, 2.75) is 37.8 Å². The van der Waals surface area contributed by atoms with Crippen LogP contribution in [0, 0.1) is 5.82 Å². The second kappa shape index (κ2) is 12.7. The van der Waals surface area contributed by atoms with E-state index in [0.29, 0.717) is 23.6 Å². The average Bonchev–Trinajstić information content (AvgIpc) is 2.89. The Morgan fingerprint density at radius 2 is 1.68 bits per heavy atom. The fraction of sp³-hybridized carbons (Fsp3) is 0.259. The van der Waals surface area contributed by atoms with Crippen LogP contribution in [-0.4, -0.2) is 44.3 Å². The van der Waals surface area contributed by atoms with Crippen LogP contribution in [0.4, 0.5) is 10.1 Å². The number of sulfonamides is 1. The van der Waals surface area contributed by atoms with Gasteiger partial charge in [0.25, 0.3) is 10.0 Å². The molecule has 2 amide bonds. The molecular formula is C27H29ClFN3O4S. The third-order valence-electron chi connectivity index (χ3n) is 5.69. The van der Waals surface area contributed by atoms with Gasteiger partial charge in [-0.3, -0.25) is 13.9 Å². The molecule has 0 radical (unpaired) electrons. The van der Waals surface area contributed by atoms with Gasteiger partial charge in [0.15, 0.2) is 0 Å². The Morgan fingerprint density at radius 1 is 1.00 bits per heavy atom. The molecule has 0 unspecified atom stereocenters. The number of carbonyl (C=O) groups is 2. The second-order valence-electron chi connectivity index (χ2n) is 8.42. The maximum Gasteiger partial charge on any atom is 0.264 e. The Morgan fingerprint density at radius 3 is 2.30 bits per heavy atom. The van der Waals surface area contributed by atoms with Gasteiger partial charge in [0.1, 0.15) is 18.4 Å². The first-order chi connectivity index (χ1) is 17.6. The number of benzene rings is 3. The molecule has 3 aromatic rings. The summed E-state index contributed by atoms with van der Waals surface area (Å²) < 4.78 is 41.7. The highest BCUT2D eigenvalue weighted by atomic mass is 35.5. The normalized spacial score (nSPS) is 12.0. The molecule has 0 saturated carbocycles. The van der Waals surface area contributed by atoms with Gasteiger partial charge in [0.2, 0.25) is 11.8 Å². The minimum absolute atomic E-state index is 0.00148. The van der Waals surface area contributed by atoms with Crippen LogP contribution in [0.2, 0.25) is 5.02 Å². The lowest BCUT2D eigenvalue weighted by Crippen LogP contribution is -2.51. The number of rotatable bonds is 11. The molecule has 3 aromatic carbocycles. The summed E-state index contributed by atoms with van der Waals surface area (Å²) in [6, 6.07) is 18.6. The van der Waals surface area contributed by atoms with Crippen LogP contribution in [0.15, 0.2) is 83.8 Å². The average molecular weight is 546 g/mol. The van der Waals surface area contributed by atoms with Gasteiger partial charge >= 0.3 is 0 Å². The van der Waals surface area contributed by atoms with Crippen molar-refractivity contribution in [2.24, 2.45) is 0 Å². The van der Waals surface area contributed by atoms with Gasteiger partial charge in [-0.05, 0) is 61.4 Å². The number of nitrogens with zero attached hydrogens (tertiary/aromatic N) is 2. The van der Waals surface area contributed by atoms with E-state index in [9.17, 15) is 22.4 Å². The van der Waals surface area contributed by atoms with Crippen molar-refractivity contribution in [1.82, 2.24) is 10.2 Å². The molecule has 1 atom stereocenters. The Bertz CT molecular complexity index is 1320. The summed E-state index contributed by atoms with van der Waals surface area (Å²) in [6.07, 6.45) is 0.711. The standard InChI is InChI=1S/C27H29ClFN3O4S/c1-3-16-30-27(34)20(2)31(18-21-12-14-23(29)15-13-21)26(33)19-32(24-9-7-8-22(28)17-24)37(35,36)25-10-5-4-6-11-25/h4-15,17,20H,3,16,18-19H2,1-2H3,(H,30,34)/t20-/m1/s1. The van der Waals surface area contributed by atoms with Crippen molar-refractivity contribution in [2.75, 3.05) is 17.4 Å². The van der Waals surface area contributed by atoms with E-state index in [2.05, 4.69) is 5.32 Å². The SMILES string of the molecule is CCCNC(=O)[C@@H](C)N(Cc1ccc(F)cc1)C(=O)CN(c1cccc(Cl)c1)S(=O)(=O)c1ccccc1. The maximum absolute atomic E-state index is 13.7. The minimum atomic E-state index is -4.16. The first-order valence-corrected chi connectivity index (χ1v) is 13.6. The summed E-state index contributed by atoms with van der Waals surface area (Å²) >= 11 is 6.14. The molecule has 0 heterocycles. The summed E-state index contributed by atoms with van der Waals surface area (Å²) in [5.41, 5.74) is 0.791. The molecule has 0 saturated heterocycles. The van der Waals surface area contributed by atoms with Crippen molar-refractivity contribution in [1.29, 1.82) is 0 Å². The quantitative estimate of drug-likeness (QED) is 0.381. The topological polar surface area (TPSA) is 86.8 Å². The molecule has 3 rings (SSSR count). The van der Waals surface area contributed by atoms with E-state index < -0.39 is 34.3 Å². The van der Waals surface area contributed by atoms with Gasteiger partial charge in [0, 0.05) is 18.1 Å². The molecular weight excluding hydrogens is 517 g/mol. The largest absolute Gasteiger partial charge is 0.354 e. The van der Waals surface area contributed by atoms with E-state index in [-0.39, 0.29) is 23.0 Å². The Kier molecular flexibility index (Phi) is 9.66. The van der Waals surface area contributed by atoms with Gasteiger partial charge in [-0.1, -0.05) is 54.9 Å². The lowest BCUT2D eigenvalue weighted by molar-refractivity contribution is -0.139. The van der Waals surface area contributed by atoms with Crippen LogP contribution in [-0.2, 0) is 26.2 Å². The summed E-state index contributed by atoms with van der Waals surface area (Å²) in [6.45, 7) is 3.31. The molecule has 37 heavy (non-hydrogen) atoms. The van der Waals surface area contributed by atoms with Crippen LogP contribution in [0.25, 0.3) is 0 Å². The number of hydrogen-bond donors (Lipinski definition) is 1. The highest BCUT2D eigenvalue weighted by molar-refractivity contribution is 7.92. The maximum atomic E-state index is 13.7. The monoisotopic (exact) mass is 545 g/mol. The zero-order chi connectivity index (χ0) is 27.0. The van der Waals surface area contributed by atoms with Crippen LogP contribution in [0.5, 0.6) is 0 Å². The molecule has 0 aliphatic rings. The highest BCUT2D eigenvalue weighted by Crippen LogP contribution is 2.26. The highest BCUT2D eigenvalue weighted by Gasteiger charge is 2.32. The molecule has 0 aromatic heterocycles. The van der Waals surface area contributed by atoms with E-state index in [4.69, 9.17) is 11.6 Å². The molecule has 7 nitrogen and oxygen atoms in total. The smallest absolute Gasteiger partial charge is 0.264 e. The summed E-state index contributed by atoms with van der Waals surface area (Å²) in [5, 5.41) is 3.07. The number of halogens is 2. The number of carbonyl (C=O) groups excluding carboxylic acids is 2. The molecule has 10 heteroatoms. The molecule has 196 valence electrons. The van der Waals surface area contributed by atoms with Crippen LogP contribution in [0.3, 0.4) is 0 Å². The third kappa shape index (κ3) is 7.30. The van der Waals surface area contributed by atoms with Gasteiger partial charge in [-0.2, -0.15) is 0 Å². The van der Waals surface area contributed by atoms with E-state index in [1.54, 1.807) is 43.3 Å². The number of nitrogens with one attached hydrogen (secondary N) is 1. The zero-order valence-corrected chi connectivity index (χ0v) is 22.2. The minimum Gasteiger partial charge on any atom is -0.354 e. The van der Waals surface area contributed by atoms with Crippen LogP contribution < -0.4 is 9.62 Å². The van der Waals surface area contributed by atoms with Crippen molar-refractivity contribution in [3.63, 3.8) is 0 Å². The van der Waals surface area contributed by atoms with Crippen molar-refractivity contribution < 1.29 is 22.4 Å². The summed E-state index contributed by atoms with van der Waals surface area (Å²) in [7, 11) is -4.16. The van der Waals surface area contributed by atoms with E-state index in [1.807, 2.05) is 6.92 Å². The van der Waals surface area contributed by atoms with Crippen LogP contribution >= 0.6 is 11.6 Å². The van der Waals surface area contributed by atoms with Crippen molar-refractivity contribution in [3.8, 4) is 0 Å². The van der Waals surface area contributed by atoms with Gasteiger partial charge in [-0.15, -0.1) is 0 Å². The molecule has 0 bridgehead atoms. The van der Waals surface area contributed by atoms with Crippen molar-refractivity contribution in [3.05, 3.63) is 95.3 Å². The van der Waals surface area contributed by atoms with E-state index in [1.165, 1.54) is 47.4 Å². The molecule has 0 aliphatic carbocycles. The van der Waals surface area contributed by atoms with Gasteiger partial charge < -0.3 is 10.2 Å². The number of amides is 2. The summed E-state index contributed by atoms with van der Waals surface area (Å²) in [5.74, 6) is -1.42. The zero-order valence-electron chi connectivity index (χ0n) is 20.6. The first-order valence-electron chi connectivity index (χ1n) is 11.8. The molecule has 0 fully saturated rings. The fourth-order valence-corrected chi connectivity index (χ4v) is 5.26. The lowest BCUT2D eigenvalue weighted by atomic mass is 10.1. The molecule has 1 N–H and O–H groups in total. The third-order valence-corrected chi connectivity index (χ3v) is 7.71. The lowest BCUT2D eigenvalue weighted by Gasteiger charge is -2.32. The second-order valence-corrected chi connectivity index (χ2v) is 10.7.